The minimum absolute atomic E-state index is 0.342. The van der Waals surface area contributed by atoms with Gasteiger partial charge in [0, 0.05) is 24.6 Å². The highest BCUT2D eigenvalue weighted by molar-refractivity contribution is 5.57. The van der Waals surface area contributed by atoms with Crippen LogP contribution in [0.3, 0.4) is 0 Å². The van der Waals surface area contributed by atoms with Crippen LogP contribution in [-0.4, -0.2) is 23.1 Å². The molecule has 4 nitrogen and oxygen atoms in total. The number of hydrogen-bond donors (Lipinski definition) is 2. The summed E-state index contributed by atoms with van der Waals surface area (Å²) in [5.41, 5.74) is 1.12. The van der Waals surface area contributed by atoms with Gasteiger partial charge in [0.2, 0.25) is 0 Å². The molecule has 4 heteroatoms. The predicted octanol–water partition coefficient (Wildman–Crippen LogP) is 3.94. The molecule has 2 rings (SSSR count). The van der Waals surface area contributed by atoms with Crippen LogP contribution >= 0.6 is 0 Å². The fraction of sp³-hybridized carbons (Fsp3) is 0.750. The lowest BCUT2D eigenvalue weighted by Gasteiger charge is -2.28. The van der Waals surface area contributed by atoms with Gasteiger partial charge in [0.25, 0.3) is 0 Å². The number of anilines is 2. The van der Waals surface area contributed by atoms with Crippen molar-refractivity contribution in [1.82, 2.24) is 9.97 Å². The Labute approximate surface area is 122 Å². The van der Waals surface area contributed by atoms with Gasteiger partial charge in [-0.1, -0.05) is 20.8 Å². The van der Waals surface area contributed by atoms with Crippen molar-refractivity contribution >= 4 is 11.6 Å². The third-order valence-corrected chi connectivity index (χ3v) is 4.27. The molecule has 2 N–H and O–H groups in total. The van der Waals surface area contributed by atoms with Crippen LogP contribution < -0.4 is 10.6 Å². The molecule has 0 saturated heterocycles. The predicted molar refractivity (Wildman–Crippen MR) is 85.4 cm³/mol. The first kappa shape index (κ1) is 15.1. The van der Waals surface area contributed by atoms with Crippen molar-refractivity contribution in [3.05, 3.63) is 11.4 Å². The average Bonchev–Trinajstić information content (AvgIpc) is 2.43. The van der Waals surface area contributed by atoms with Crippen molar-refractivity contribution in [2.75, 3.05) is 17.7 Å². The maximum absolute atomic E-state index is 4.73. The van der Waals surface area contributed by atoms with Gasteiger partial charge in [0.1, 0.15) is 17.5 Å². The standard InChI is InChI=1S/C16H28N4/c1-10(2)14-19-15(17-5)12(4)16(20-14)18-13-8-6-11(3)7-9-13/h10-11,13H,6-9H2,1-5H3,(H2,17,18,19,20). The second-order valence-electron chi connectivity index (χ2n) is 6.41. The van der Waals surface area contributed by atoms with E-state index in [0.29, 0.717) is 12.0 Å². The molecule has 0 aromatic carbocycles. The second-order valence-corrected chi connectivity index (χ2v) is 6.41. The van der Waals surface area contributed by atoms with Gasteiger partial charge < -0.3 is 10.6 Å². The molecular formula is C16H28N4. The van der Waals surface area contributed by atoms with E-state index in [-0.39, 0.29) is 0 Å². The van der Waals surface area contributed by atoms with Crippen LogP contribution in [-0.2, 0) is 0 Å². The van der Waals surface area contributed by atoms with Gasteiger partial charge in [-0.05, 0) is 38.5 Å². The van der Waals surface area contributed by atoms with Crippen LogP contribution in [0.25, 0.3) is 0 Å². The normalized spacial score (nSPS) is 22.9. The Morgan fingerprint density at radius 1 is 1.05 bits per heavy atom. The Kier molecular flexibility index (Phi) is 4.84. The second kappa shape index (κ2) is 6.42. The first-order valence-corrected chi connectivity index (χ1v) is 7.84. The highest BCUT2D eigenvalue weighted by Crippen LogP contribution is 2.28. The SMILES string of the molecule is CNc1nc(C(C)C)nc(NC2CCC(C)CC2)c1C. The molecule has 0 unspecified atom stereocenters. The first-order valence-electron chi connectivity index (χ1n) is 7.84. The topological polar surface area (TPSA) is 49.8 Å². The number of hydrogen-bond acceptors (Lipinski definition) is 4. The van der Waals surface area contributed by atoms with Crippen LogP contribution in [0.2, 0.25) is 0 Å². The van der Waals surface area contributed by atoms with Crippen LogP contribution in [0, 0.1) is 12.8 Å². The number of rotatable bonds is 4. The molecule has 0 bridgehead atoms. The molecule has 1 saturated carbocycles. The van der Waals surface area contributed by atoms with E-state index in [9.17, 15) is 0 Å². The zero-order valence-electron chi connectivity index (χ0n) is 13.5. The van der Waals surface area contributed by atoms with Crippen molar-refractivity contribution in [1.29, 1.82) is 0 Å². The molecule has 0 radical (unpaired) electrons. The third-order valence-electron chi connectivity index (χ3n) is 4.27. The molecule has 1 heterocycles. The van der Waals surface area contributed by atoms with Crippen LogP contribution in [0.15, 0.2) is 0 Å². The van der Waals surface area contributed by atoms with E-state index in [4.69, 9.17) is 4.98 Å². The van der Waals surface area contributed by atoms with Crippen molar-refractivity contribution in [2.45, 2.75) is 65.3 Å². The smallest absolute Gasteiger partial charge is 0.135 e. The van der Waals surface area contributed by atoms with Gasteiger partial charge in [-0.25, -0.2) is 9.97 Å². The van der Waals surface area contributed by atoms with Gasteiger partial charge in [-0.3, -0.25) is 0 Å². The molecular weight excluding hydrogens is 248 g/mol. The van der Waals surface area contributed by atoms with E-state index >= 15 is 0 Å². The Balaban J connectivity index is 2.19. The highest BCUT2D eigenvalue weighted by Gasteiger charge is 2.20. The highest BCUT2D eigenvalue weighted by atomic mass is 15.1. The van der Waals surface area contributed by atoms with E-state index in [1.807, 2.05) is 7.05 Å². The Morgan fingerprint density at radius 3 is 2.20 bits per heavy atom. The van der Waals surface area contributed by atoms with Crippen LogP contribution in [0.4, 0.5) is 11.6 Å². The van der Waals surface area contributed by atoms with Gasteiger partial charge in [-0.2, -0.15) is 0 Å². The van der Waals surface area contributed by atoms with Crippen LogP contribution in [0.1, 0.15) is 63.8 Å². The zero-order chi connectivity index (χ0) is 14.7. The summed E-state index contributed by atoms with van der Waals surface area (Å²) < 4.78 is 0. The molecule has 1 aliphatic carbocycles. The molecule has 0 atom stereocenters. The summed E-state index contributed by atoms with van der Waals surface area (Å²) in [6.07, 6.45) is 5.13. The fourth-order valence-corrected chi connectivity index (χ4v) is 2.77. The summed E-state index contributed by atoms with van der Waals surface area (Å²) >= 11 is 0. The van der Waals surface area contributed by atoms with E-state index in [1.165, 1.54) is 25.7 Å². The maximum Gasteiger partial charge on any atom is 0.135 e. The molecule has 1 aliphatic rings. The Morgan fingerprint density at radius 2 is 1.65 bits per heavy atom. The Hall–Kier alpha value is -1.32. The van der Waals surface area contributed by atoms with Crippen LogP contribution in [0.5, 0.6) is 0 Å². The molecule has 0 aliphatic heterocycles. The zero-order valence-corrected chi connectivity index (χ0v) is 13.5. The summed E-state index contributed by atoms with van der Waals surface area (Å²) in [5.74, 6) is 4.07. The number of nitrogens with one attached hydrogen (secondary N) is 2. The number of nitrogens with zero attached hydrogens (tertiary/aromatic N) is 2. The van der Waals surface area contributed by atoms with Crippen molar-refractivity contribution in [2.24, 2.45) is 5.92 Å². The van der Waals surface area contributed by atoms with Gasteiger partial charge in [-0.15, -0.1) is 0 Å². The van der Waals surface area contributed by atoms with E-state index in [0.717, 1.165) is 28.9 Å². The van der Waals surface area contributed by atoms with Gasteiger partial charge >= 0.3 is 0 Å². The lowest BCUT2D eigenvalue weighted by Crippen LogP contribution is -2.26. The summed E-state index contributed by atoms with van der Waals surface area (Å²) in [6.45, 7) is 8.71. The molecule has 0 spiro atoms. The molecule has 1 fully saturated rings. The van der Waals surface area contributed by atoms with Crippen molar-refractivity contribution in [3.8, 4) is 0 Å². The van der Waals surface area contributed by atoms with Gasteiger partial charge in [0.05, 0.1) is 0 Å². The summed E-state index contributed by atoms with van der Waals surface area (Å²) in [5, 5.41) is 6.83. The van der Waals surface area contributed by atoms with Gasteiger partial charge in [0.15, 0.2) is 0 Å². The molecule has 20 heavy (non-hydrogen) atoms. The summed E-state index contributed by atoms with van der Waals surface area (Å²) in [7, 11) is 1.92. The summed E-state index contributed by atoms with van der Waals surface area (Å²) in [4.78, 5) is 9.33. The minimum atomic E-state index is 0.342. The fourth-order valence-electron chi connectivity index (χ4n) is 2.77. The van der Waals surface area contributed by atoms with Crippen molar-refractivity contribution < 1.29 is 0 Å². The molecule has 1 aromatic heterocycles. The lowest BCUT2D eigenvalue weighted by atomic mass is 9.87. The quantitative estimate of drug-likeness (QED) is 0.874. The van der Waals surface area contributed by atoms with E-state index in [2.05, 4.69) is 43.3 Å². The van der Waals surface area contributed by atoms with E-state index < -0.39 is 0 Å². The monoisotopic (exact) mass is 276 g/mol. The number of aromatic nitrogens is 2. The summed E-state index contributed by atoms with van der Waals surface area (Å²) in [6, 6.07) is 0.560. The largest absolute Gasteiger partial charge is 0.373 e. The molecule has 0 amide bonds. The maximum atomic E-state index is 4.73. The minimum Gasteiger partial charge on any atom is -0.373 e. The van der Waals surface area contributed by atoms with E-state index in [1.54, 1.807) is 0 Å². The average molecular weight is 276 g/mol. The molecule has 112 valence electrons. The Bertz CT molecular complexity index is 448. The lowest BCUT2D eigenvalue weighted by molar-refractivity contribution is 0.360. The van der Waals surface area contributed by atoms with Crippen molar-refractivity contribution in [3.63, 3.8) is 0 Å². The molecule has 1 aromatic rings. The third kappa shape index (κ3) is 3.41. The first-order chi connectivity index (χ1) is 9.51.